The van der Waals surface area contributed by atoms with Crippen LogP contribution >= 0.6 is 0 Å². The van der Waals surface area contributed by atoms with Gasteiger partial charge < -0.3 is 16.2 Å². The molecule has 1 rings (SSSR count). The number of hydrogen-bond acceptors (Lipinski definition) is 3. The fourth-order valence-electron chi connectivity index (χ4n) is 1.18. The zero-order chi connectivity index (χ0) is 12.3. The standard InChI is InChI=1S/C11H15FN2O2/c1-6(5-15)14-11(16)8-3-9(12)7(2)10(13)4-8/h3-4,6,15H,5,13H2,1-2H3,(H,14,16). The quantitative estimate of drug-likeness (QED) is 0.668. The van der Waals surface area contributed by atoms with Crippen molar-refractivity contribution in [2.75, 3.05) is 12.3 Å². The third-order valence-corrected chi connectivity index (χ3v) is 2.30. The molecule has 1 atom stereocenters. The molecule has 88 valence electrons. The van der Waals surface area contributed by atoms with E-state index < -0.39 is 11.7 Å². The monoisotopic (exact) mass is 226 g/mol. The van der Waals surface area contributed by atoms with Gasteiger partial charge >= 0.3 is 0 Å². The van der Waals surface area contributed by atoms with Gasteiger partial charge in [-0.3, -0.25) is 4.79 Å². The fourth-order valence-corrected chi connectivity index (χ4v) is 1.18. The maximum atomic E-state index is 13.3. The maximum absolute atomic E-state index is 13.3. The van der Waals surface area contributed by atoms with E-state index in [-0.39, 0.29) is 23.9 Å². The zero-order valence-corrected chi connectivity index (χ0v) is 9.25. The van der Waals surface area contributed by atoms with Crippen molar-refractivity contribution < 1.29 is 14.3 Å². The lowest BCUT2D eigenvalue weighted by molar-refractivity contribution is 0.0922. The molecule has 1 aromatic carbocycles. The molecule has 0 saturated heterocycles. The van der Waals surface area contributed by atoms with Crippen LogP contribution in [0.5, 0.6) is 0 Å². The van der Waals surface area contributed by atoms with Gasteiger partial charge in [-0.2, -0.15) is 0 Å². The lowest BCUT2D eigenvalue weighted by Gasteiger charge is -2.12. The molecule has 0 radical (unpaired) electrons. The lowest BCUT2D eigenvalue weighted by Crippen LogP contribution is -2.35. The van der Waals surface area contributed by atoms with Crippen LogP contribution in [0.25, 0.3) is 0 Å². The summed E-state index contributed by atoms with van der Waals surface area (Å²) in [6.07, 6.45) is 0. The number of aliphatic hydroxyl groups excluding tert-OH is 1. The van der Waals surface area contributed by atoms with Gasteiger partial charge in [0, 0.05) is 22.9 Å². The Bertz CT molecular complexity index is 384. The van der Waals surface area contributed by atoms with Crippen molar-refractivity contribution in [1.29, 1.82) is 0 Å². The fraction of sp³-hybridized carbons (Fsp3) is 0.364. The summed E-state index contributed by atoms with van der Waals surface area (Å²) in [5.41, 5.74) is 6.27. The van der Waals surface area contributed by atoms with E-state index in [0.717, 1.165) is 6.07 Å². The Hall–Kier alpha value is -1.62. The van der Waals surface area contributed by atoms with Gasteiger partial charge in [0.25, 0.3) is 5.91 Å². The number of nitrogens with one attached hydrogen (secondary N) is 1. The number of carbonyl (C=O) groups excluding carboxylic acids is 1. The topological polar surface area (TPSA) is 75.4 Å². The maximum Gasteiger partial charge on any atom is 0.251 e. The van der Waals surface area contributed by atoms with Crippen molar-refractivity contribution in [1.82, 2.24) is 5.32 Å². The Morgan fingerprint density at radius 1 is 1.62 bits per heavy atom. The molecular weight excluding hydrogens is 211 g/mol. The van der Waals surface area contributed by atoms with Crippen molar-refractivity contribution >= 4 is 11.6 Å². The number of anilines is 1. The third kappa shape index (κ3) is 2.70. The molecule has 0 bridgehead atoms. The number of amides is 1. The number of halogens is 1. The van der Waals surface area contributed by atoms with Crippen molar-refractivity contribution in [3.63, 3.8) is 0 Å². The lowest BCUT2D eigenvalue weighted by atomic mass is 10.1. The second-order valence-corrected chi connectivity index (χ2v) is 3.73. The molecule has 5 heteroatoms. The van der Waals surface area contributed by atoms with Gasteiger partial charge in [0.05, 0.1) is 6.61 Å². The highest BCUT2D eigenvalue weighted by atomic mass is 19.1. The molecule has 1 unspecified atom stereocenters. The number of nitrogens with two attached hydrogens (primary N) is 1. The number of carbonyl (C=O) groups is 1. The number of nitrogen functional groups attached to an aromatic ring is 1. The zero-order valence-electron chi connectivity index (χ0n) is 9.25. The summed E-state index contributed by atoms with van der Waals surface area (Å²) in [6, 6.07) is 2.17. The second kappa shape index (κ2) is 4.94. The highest BCUT2D eigenvalue weighted by Crippen LogP contribution is 2.17. The van der Waals surface area contributed by atoms with Crippen LogP contribution < -0.4 is 11.1 Å². The van der Waals surface area contributed by atoms with Crippen LogP contribution in [-0.2, 0) is 0 Å². The van der Waals surface area contributed by atoms with Crippen LogP contribution in [-0.4, -0.2) is 23.7 Å². The molecule has 0 saturated carbocycles. The Labute approximate surface area is 93.3 Å². The van der Waals surface area contributed by atoms with E-state index in [1.807, 2.05) is 0 Å². The minimum Gasteiger partial charge on any atom is -0.398 e. The minimum absolute atomic E-state index is 0.154. The Morgan fingerprint density at radius 3 is 2.75 bits per heavy atom. The van der Waals surface area contributed by atoms with Crippen LogP contribution in [0.1, 0.15) is 22.8 Å². The van der Waals surface area contributed by atoms with Crippen molar-refractivity contribution in [2.45, 2.75) is 19.9 Å². The molecule has 0 aliphatic heterocycles. The third-order valence-electron chi connectivity index (χ3n) is 2.30. The Kier molecular flexibility index (Phi) is 3.84. The van der Waals surface area contributed by atoms with E-state index >= 15 is 0 Å². The van der Waals surface area contributed by atoms with E-state index in [1.54, 1.807) is 13.8 Å². The minimum atomic E-state index is -0.512. The first kappa shape index (κ1) is 12.4. The van der Waals surface area contributed by atoms with Crippen LogP contribution in [0.4, 0.5) is 10.1 Å². The molecule has 0 aliphatic rings. The predicted molar refractivity (Wildman–Crippen MR) is 59.6 cm³/mol. The molecule has 1 amide bonds. The van der Waals surface area contributed by atoms with Crippen LogP contribution in [0, 0.1) is 12.7 Å². The predicted octanol–water partition coefficient (Wildman–Crippen LogP) is 0.827. The first-order chi connectivity index (χ1) is 7.45. The number of rotatable bonds is 3. The molecular formula is C11H15FN2O2. The van der Waals surface area contributed by atoms with Gasteiger partial charge in [0.2, 0.25) is 0 Å². The first-order valence-electron chi connectivity index (χ1n) is 4.93. The Balaban J connectivity index is 2.93. The van der Waals surface area contributed by atoms with Gasteiger partial charge in [0.15, 0.2) is 0 Å². The van der Waals surface area contributed by atoms with E-state index in [1.165, 1.54) is 6.07 Å². The van der Waals surface area contributed by atoms with Gasteiger partial charge in [-0.15, -0.1) is 0 Å². The van der Waals surface area contributed by atoms with Crippen molar-refractivity contribution in [3.8, 4) is 0 Å². The molecule has 0 spiro atoms. The average molecular weight is 226 g/mol. The summed E-state index contributed by atoms with van der Waals surface area (Å²) in [5, 5.41) is 11.3. The molecule has 0 aliphatic carbocycles. The smallest absolute Gasteiger partial charge is 0.251 e. The first-order valence-corrected chi connectivity index (χ1v) is 4.93. The van der Waals surface area contributed by atoms with Gasteiger partial charge in [-0.1, -0.05) is 0 Å². The van der Waals surface area contributed by atoms with Crippen LogP contribution in [0.3, 0.4) is 0 Å². The number of benzene rings is 1. The molecule has 0 fully saturated rings. The summed E-state index contributed by atoms with van der Waals surface area (Å²) in [6.45, 7) is 3.02. The van der Waals surface area contributed by atoms with Gasteiger partial charge in [0.1, 0.15) is 5.82 Å². The van der Waals surface area contributed by atoms with E-state index in [2.05, 4.69) is 5.32 Å². The molecule has 0 heterocycles. The van der Waals surface area contributed by atoms with Crippen molar-refractivity contribution in [3.05, 3.63) is 29.1 Å². The molecule has 4 nitrogen and oxygen atoms in total. The molecule has 0 aromatic heterocycles. The highest BCUT2D eigenvalue weighted by Gasteiger charge is 2.12. The summed E-state index contributed by atoms with van der Waals surface area (Å²) in [5.74, 6) is -0.964. The summed E-state index contributed by atoms with van der Waals surface area (Å²) >= 11 is 0. The summed E-state index contributed by atoms with van der Waals surface area (Å²) in [4.78, 5) is 11.6. The SMILES string of the molecule is Cc1c(N)cc(C(=O)NC(C)CO)cc1F. The van der Waals surface area contributed by atoms with Crippen LogP contribution in [0.2, 0.25) is 0 Å². The van der Waals surface area contributed by atoms with E-state index in [4.69, 9.17) is 10.8 Å². The van der Waals surface area contributed by atoms with Crippen LogP contribution in [0.15, 0.2) is 12.1 Å². The molecule has 4 N–H and O–H groups in total. The Morgan fingerprint density at radius 2 is 2.25 bits per heavy atom. The molecule has 1 aromatic rings. The normalized spacial score (nSPS) is 12.2. The molecule has 16 heavy (non-hydrogen) atoms. The summed E-state index contributed by atoms with van der Waals surface area (Å²) in [7, 11) is 0. The van der Waals surface area contributed by atoms with Gasteiger partial charge in [-0.25, -0.2) is 4.39 Å². The van der Waals surface area contributed by atoms with Crippen molar-refractivity contribution in [2.24, 2.45) is 0 Å². The number of aliphatic hydroxyl groups is 1. The average Bonchev–Trinajstić information content (AvgIpc) is 2.24. The highest BCUT2D eigenvalue weighted by molar-refractivity contribution is 5.95. The number of hydrogen-bond donors (Lipinski definition) is 3. The van der Waals surface area contributed by atoms with E-state index in [0.29, 0.717) is 5.56 Å². The second-order valence-electron chi connectivity index (χ2n) is 3.73. The summed E-state index contributed by atoms with van der Waals surface area (Å²) < 4.78 is 13.3. The largest absolute Gasteiger partial charge is 0.398 e. The van der Waals surface area contributed by atoms with E-state index in [9.17, 15) is 9.18 Å². The van der Waals surface area contributed by atoms with Gasteiger partial charge in [-0.05, 0) is 26.0 Å².